The van der Waals surface area contributed by atoms with E-state index in [2.05, 4.69) is 15.4 Å². The second-order valence-corrected chi connectivity index (χ2v) is 6.34. The number of ether oxygens (including phenoxy) is 1. The number of nitrogens with one attached hydrogen (secondary N) is 1. The van der Waals surface area contributed by atoms with Crippen LogP contribution in [0.2, 0.25) is 0 Å². The third-order valence-electron chi connectivity index (χ3n) is 3.79. The summed E-state index contributed by atoms with van der Waals surface area (Å²) in [6, 6.07) is 6.01. The van der Waals surface area contributed by atoms with Crippen LogP contribution in [0.3, 0.4) is 0 Å². The molecule has 1 aliphatic heterocycles. The zero-order valence-corrected chi connectivity index (χ0v) is 13.4. The minimum atomic E-state index is -0.0764. The van der Waals surface area contributed by atoms with Gasteiger partial charge in [-0.15, -0.1) is 0 Å². The first-order chi connectivity index (χ1) is 10.5. The van der Waals surface area contributed by atoms with Crippen molar-refractivity contribution in [3.8, 4) is 0 Å². The maximum absolute atomic E-state index is 5.60. The monoisotopic (exact) mass is 305 g/mol. The molecular weight excluding hydrogens is 282 g/mol. The molecule has 0 atom stereocenters. The molecule has 1 saturated heterocycles. The van der Waals surface area contributed by atoms with Crippen molar-refractivity contribution in [2.24, 2.45) is 0 Å². The fourth-order valence-corrected chi connectivity index (χ4v) is 2.64. The molecule has 2 aromatic rings. The number of aromatic nitrogens is 1. The van der Waals surface area contributed by atoms with E-state index in [4.69, 9.17) is 13.7 Å². The van der Waals surface area contributed by atoms with Crippen LogP contribution in [0.15, 0.2) is 27.1 Å². The molecule has 0 amide bonds. The standard InChI is InChI=1S/C16H23N3O3/c1-12-4-5-14(21-12)8-17-16(10-20-11-16)7-13-6-15(22-18-13)9-19(2)3/h4-6,17H,7-11H2,1-3H3. The molecule has 1 aliphatic rings. The van der Waals surface area contributed by atoms with Gasteiger partial charge in [0.05, 0.1) is 37.5 Å². The number of nitrogens with zero attached hydrogens (tertiary/aromatic N) is 2. The molecule has 22 heavy (non-hydrogen) atoms. The fourth-order valence-electron chi connectivity index (χ4n) is 2.64. The lowest BCUT2D eigenvalue weighted by molar-refractivity contribution is -0.0762. The quantitative estimate of drug-likeness (QED) is 0.840. The molecule has 0 saturated carbocycles. The molecule has 0 radical (unpaired) electrons. The normalized spacial score (nSPS) is 16.9. The van der Waals surface area contributed by atoms with Crippen molar-refractivity contribution in [3.63, 3.8) is 0 Å². The van der Waals surface area contributed by atoms with Gasteiger partial charge in [-0.25, -0.2) is 0 Å². The number of rotatable bonds is 7. The van der Waals surface area contributed by atoms with E-state index >= 15 is 0 Å². The van der Waals surface area contributed by atoms with Gasteiger partial charge in [0.25, 0.3) is 0 Å². The fraction of sp³-hybridized carbons (Fsp3) is 0.562. The summed E-state index contributed by atoms with van der Waals surface area (Å²) in [5.41, 5.74) is 0.885. The van der Waals surface area contributed by atoms with Crippen LogP contribution >= 0.6 is 0 Å². The van der Waals surface area contributed by atoms with Crippen LogP contribution in [0.1, 0.15) is 23.0 Å². The summed E-state index contributed by atoms with van der Waals surface area (Å²) in [4.78, 5) is 2.06. The molecule has 0 bridgehead atoms. The van der Waals surface area contributed by atoms with Gasteiger partial charge in [0.1, 0.15) is 11.5 Å². The molecule has 3 rings (SSSR count). The predicted octanol–water partition coefficient (Wildman–Crippen LogP) is 1.74. The smallest absolute Gasteiger partial charge is 0.150 e. The van der Waals surface area contributed by atoms with E-state index in [0.717, 1.165) is 35.9 Å². The Labute approximate surface area is 130 Å². The second-order valence-electron chi connectivity index (χ2n) is 6.34. The molecular formula is C16H23N3O3. The summed E-state index contributed by atoms with van der Waals surface area (Å²) in [6.45, 7) is 4.77. The summed E-state index contributed by atoms with van der Waals surface area (Å²) in [7, 11) is 4.02. The topological polar surface area (TPSA) is 63.7 Å². The van der Waals surface area contributed by atoms with Crippen LogP contribution in [0.4, 0.5) is 0 Å². The number of furan rings is 1. The summed E-state index contributed by atoms with van der Waals surface area (Å²) in [5.74, 6) is 2.76. The highest BCUT2D eigenvalue weighted by Crippen LogP contribution is 2.23. The lowest BCUT2D eigenvalue weighted by Crippen LogP contribution is -2.61. The van der Waals surface area contributed by atoms with Crippen LogP contribution in [-0.4, -0.2) is 42.9 Å². The molecule has 0 aliphatic carbocycles. The molecule has 6 heteroatoms. The lowest BCUT2D eigenvalue weighted by Gasteiger charge is -2.41. The van der Waals surface area contributed by atoms with Crippen LogP contribution < -0.4 is 5.32 Å². The summed E-state index contributed by atoms with van der Waals surface area (Å²) in [5, 5.41) is 7.72. The lowest BCUT2D eigenvalue weighted by atomic mass is 9.91. The van der Waals surface area contributed by atoms with Crippen molar-refractivity contribution < 1.29 is 13.7 Å². The van der Waals surface area contributed by atoms with Crippen molar-refractivity contribution in [1.29, 1.82) is 0 Å². The average molecular weight is 305 g/mol. The van der Waals surface area contributed by atoms with Gasteiger partial charge in [-0.05, 0) is 33.2 Å². The number of aryl methyl sites for hydroxylation is 1. The molecule has 0 unspecified atom stereocenters. The first kappa shape index (κ1) is 15.3. The van der Waals surface area contributed by atoms with E-state index in [1.807, 2.05) is 39.2 Å². The third kappa shape index (κ3) is 3.58. The number of hydrogen-bond acceptors (Lipinski definition) is 6. The minimum Gasteiger partial charge on any atom is -0.465 e. The SMILES string of the molecule is Cc1ccc(CNC2(Cc3cc(CN(C)C)on3)COC2)o1. The van der Waals surface area contributed by atoms with Gasteiger partial charge in [-0.2, -0.15) is 0 Å². The maximum Gasteiger partial charge on any atom is 0.150 e. The first-order valence-corrected chi connectivity index (χ1v) is 7.52. The number of hydrogen-bond donors (Lipinski definition) is 1. The van der Waals surface area contributed by atoms with Gasteiger partial charge in [0, 0.05) is 12.5 Å². The minimum absolute atomic E-state index is 0.0764. The van der Waals surface area contributed by atoms with Crippen molar-refractivity contribution in [3.05, 3.63) is 41.2 Å². The summed E-state index contributed by atoms with van der Waals surface area (Å²) >= 11 is 0. The summed E-state index contributed by atoms with van der Waals surface area (Å²) < 4.78 is 16.4. The Bertz CT molecular complexity index is 614. The molecule has 3 heterocycles. The van der Waals surface area contributed by atoms with Gasteiger partial charge >= 0.3 is 0 Å². The Hall–Kier alpha value is -1.63. The molecule has 2 aromatic heterocycles. The molecule has 1 fully saturated rings. The van der Waals surface area contributed by atoms with Gasteiger partial charge in [-0.3, -0.25) is 5.32 Å². The van der Waals surface area contributed by atoms with Gasteiger partial charge in [-0.1, -0.05) is 5.16 Å². The highest BCUT2D eigenvalue weighted by atomic mass is 16.5. The second kappa shape index (κ2) is 6.24. The molecule has 1 N–H and O–H groups in total. The van der Waals surface area contributed by atoms with Crippen molar-refractivity contribution >= 4 is 0 Å². The molecule has 0 aromatic carbocycles. The van der Waals surface area contributed by atoms with E-state index in [-0.39, 0.29) is 5.54 Å². The Kier molecular flexibility index (Phi) is 4.33. The van der Waals surface area contributed by atoms with Crippen molar-refractivity contribution in [1.82, 2.24) is 15.4 Å². The van der Waals surface area contributed by atoms with E-state index in [9.17, 15) is 0 Å². The van der Waals surface area contributed by atoms with Gasteiger partial charge in [0.15, 0.2) is 5.76 Å². The molecule has 6 nitrogen and oxygen atoms in total. The Balaban J connectivity index is 1.59. The van der Waals surface area contributed by atoms with E-state index < -0.39 is 0 Å². The zero-order valence-electron chi connectivity index (χ0n) is 13.4. The predicted molar refractivity (Wildman–Crippen MR) is 81.4 cm³/mol. The van der Waals surface area contributed by atoms with Crippen LogP contribution in [0.25, 0.3) is 0 Å². The summed E-state index contributed by atoms with van der Waals surface area (Å²) in [6.07, 6.45) is 0.795. The van der Waals surface area contributed by atoms with Gasteiger partial charge < -0.3 is 18.6 Å². The molecule has 0 spiro atoms. The van der Waals surface area contributed by atoms with E-state index in [1.165, 1.54) is 0 Å². The largest absolute Gasteiger partial charge is 0.465 e. The highest BCUT2D eigenvalue weighted by Gasteiger charge is 2.39. The van der Waals surface area contributed by atoms with Crippen molar-refractivity contribution in [2.45, 2.75) is 32.0 Å². The average Bonchev–Trinajstić information content (AvgIpc) is 3.01. The Morgan fingerprint density at radius 3 is 2.68 bits per heavy atom. The van der Waals surface area contributed by atoms with Crippen LogP contribution in [-0.2, 0) is 24.2 Å². The van der Waals surface area contributed by atoms with E-state index in [1.54, 1.807) is 0 Å². The van der Waals surface area contributed by atoms with Crippen LogP contribution in [0.5, 0.6) is 0 Å². The highest BCUT2D eigenvalue weighted by molar-refractivity contribution is 5.13. The molecule has 120 valence electrons. The third-order valence-corrected chi connectivity index (χ3v) is 3.79. The van der Waals surface area contributed by atoms with Crippen LogP contribution in [0, 0.1) is 6.92 Å². The van der Waals surface area contributed by atoms with E-state index in [0.29, 0.717) is 19.8 Å². The zero-order chi connectivity index (χ0) is 15.6. The maximum atomic E-state index is 5.60. The van der Waals surface area contributed by atoms with Gasteiger partial charge in [0.2, 0.25) is 0 Å². The van der Waals surface area contributed by atoms with Crippen molar-refractivity contribution in [2.75, 3.05) is 27.3 Å². The Morgan fingerprint density at radius 1 is 1.27 bits per heavy atom. The first-order valence-electron chi connectivity index (χ1n) is 7.52. The Morgan fingerprint density at radius 2 is 2.09 bits per heavy atom.